The first-order chi connectivity index (χ1) is 9.65. The number of aromatic nitrogens is 3. The van der Waals surface area contributed by atoms with E-state index in [0.29, 0.717) is 19.0 Å². The van der Waals surface area contributed by atoms with Gasteiger partial charge in [-0.05, 0) is 18.8 Å². The summed E-state index contributed by atoms with van der Waals surface area (Å²) in [5.41, 5.74) is 0. The van der Waals surface area contributed by atoms with Gasteiger partial charge in [0.1, 0.15) is 19.2 Å². The topological polar surface area (TPSA) is 100 Å². The van der Waals surface area contributed by atoms with Crippen LogP contribution in [-0.2, 0) is 16.1 Å². The number of carbonyl (C=O) groups is 2. The minimum atomic E-state index is -0.861. The summed E-state index contributed by atoms with van der Waals surface area (Å²) in [5, 5.41) is 15.4. The molecule has 1 aliphatic rings. The molecule has 0 bridgehead atoms. The Hall–Kier alpha value is -1.96. The smallest absolute Gasteiger partial charge is 0.317 e. The molecule has 1 saturated heterocycles. The highest BCUT2D eigenvalue weighted by atomic mass is 16.4. The molecule has 0 aliphatic carbocycles. The van der Waals surface area contributed by atoms with Crippen LogP contribution in [0.2, 0.25) is 0 Å². The number of hydrogen-bond acceptors (Lipinski definition) is 5. The van der Waals surface area contributed by atoms with Crippen LogP contribution in [0.4, 0.5) is 0 Å². The van der Waals surface area contributed by atoms with Gasteiger partial charge in [0.25, 0.3) is 0 Å². The number of nitrogens with one attached hydrogen (secondary N) is 1. The van der Waals surface area contributed by atoms with Crippen molar-refractivity contribution in [3.63, 3.8) is 0 Å². The molecule has 2 N–H and O–H groups in total. The van der Waals surface area contributed by atoms with Crippen molar-refractivity contribution in [3.05, 3.63) is 12.7 Å². The van der Waals surface area contributed by atoms with E-state index in [2.05, 4.69) is 15.4 Å². The van der Waals surface area contributed by atoms with Crippen molar-refractivity contribution in [2.75, 3.05) is 26.2 Å². The number of piperidine rings is 1. The highest BCUT2D eigenvalue weighted by molar-refractivity contribution is 5.76. The quantitative estimate of drug-likeness (QED) is 0.707. The molecule has 1 aliphatic heterocycles. The predicted molar refractivity (Wildman–Crippen MR) is 69.8 cm³/mol. The molecule has 0 radical (unpaired) electrons. The third-order valence-corrected chi connectivity index (χ3v) is 3.34. The van der Waals surface area contributed by atoms with Crippen molar-refractivity contribution in [1.82, 2.24) is 25.0 Å². The van der Waals surface area contributed by atoms with Crippen molar-refractivity contribution in [1.29, 1.82) is 0 Å². The number of carbonyl (C=O) groups excluding carboxylic acids is 1. The summed E-state index contributed by atoms with van der Waals surface area (Å²) in [7, 11) is 0. The summed E-state index contributed by atoms with van der Waals surface area (Å²) in [6, 6.07) is 0. The summed E-state index contributed by atoms with van der Waals surface area (Å²) >= 11 is 0. The van der Waals surface area contributed by atoms with Gasteiger partial charge < -0.3 is 15.3 Å². The molecule has 1 atom stereocenters. The van der Waals surface area contributed by atoms with Crippen molar-refractivity contribution >= 4 is 11.9 Å². The van der Waals surface area contributed by atoms with E-state index in [1.165, 1.54) is 17.3 Å². The maximum absolute atomic E-state index is 12.1. The van der Waals surface area contributed by atoms with E-state index in [-0.39, 0.29) is 19.0 Å². The molecule has 8 nitrogen and oxygen atoms in total. The Morgan fingerprint density at radius 3 is 3.00 bits per heavy atom. The third kappa shape index (κ3) is 4.30. The first-order valence-electron chi connectivity index (χ1n) is 6.68. The minimum absolute atomic E-state index is 0.0263. The molecular formula is C12H19N5O3. The van der Waals surface area contributed by atoms with Gasteiger partial charge in [-0.3, -0.25) is 9.59 Å². The molecule has 0 spiro atoms. The fourth-order valence-electron chi connectivity index (χ4n) is 2.39. The molecule has 1 amide bonds. The molecule has 1 fully saturated rings. The molecule has 110 valence electrons. The van der Waals surface area contributed by atoms with Crippen LogP contribution < -0.4 is 5.32 Å². The number of rotatable bonds is 6. The maximum atomic E-state index is 12.1. The lowest BCUT2D eigenvalue weighted by Gasteiger charge is -2.32. The SMILES string of the molecule is O=C(O)CNCC1CCCN(C(=O)Cn2cncn2)C1. The van der Waals surface area contributed by atoms with Gasteiger partial charge in [-0.2, -0.15) is 5.10 Å². The van der Waals surface area contributed by atoms with Gasteiger partial charge in [0.2, 0.25) is 5.91 Å². The van der Waals surface area contributed by atoms with Crippen LogP contribution >= 0.6 is 0 Å². The first-order valence-corrected chi connectivity index (χ1v) is 6.68. The van der Waals surface area contributed by atoms with E-state index >= 15 is 0 Å². The monoisotopic (exact) mass is 281 g/mol. The molecule has 0 saturated carbocycles. The molecule has 1 aromatic rings. The molecule has 1 aromatic heterocycles. The highest BCUT2D eigenvalue weighted by Crippen LogP contribution is 2.16. The van der Waals surface area contributed by atoms with Gasteiger partial charge in [0, 0.05) is 19.6 Å². The lowest BCUT2D eigenvalue weighted by molar-refractivity contribution is -0.136. The van der Waals surface area contributed by atoms with Crippen LogP contribution in [0.3, 0.4) is 0 Å². The van der Waals surface area contributed by atoms with Crippen LogP contribution in [-0.4, -0.2) is 62.8 Å². The Balaban J connectivity index is 1.77. The number of carboxylic acid groups (broad SMARTS) is 1. The van der Waals surface area contributed by atoms with Gasteiger partial charge in [-0.15, -0.1) is 0 Å². The predicted octanol–water partition coefficient (Wildman–Crippen LogP) is -0.809. The molecule has 2 rings (SSSR count). The summed E-state index contributed by atoms with van der Waals surface area (Å²) in [6.45, 7) is 2.21. The zero-order valence-electron chi connectivity index (χ0n) is 11.2. The zero-order chi connectivity index (χ0) is 14.4. The largest absolute Gasteiger partial charge is 0.480 e. The Labute approximate surface area is 116 Å². The Morgan fingerprint density at radius 2 is 2.30 bits per heavy atom. The van der Waals surface area contributed by atoms with Gasteiger partial charge in [-0.1, -0.05) is 0 Å². The van der Waals surface area contributed by atoms with Crippen LogP contribution in [0, 0.1) is 5.92 Å². The van der Waals surface area contributed by atoms with Gasteiger partial charge >= 0.3 is 5.97 Å². The normalized spacial score (nSPS) is 19.0. The van der Waals surface area contributed by atoms with E-state index in [0.717, 1.165) is 19.4 Å². The molecular weight excluding hydrogens is 262 g/mol. The average molecular weight is 281 g/mol. The standard InChI is InChI=1S/C12H19N5O3/c18-11(7-17-9-14-8-15-17)16-3-1-2-10(6-16)4-13-5-12(19)20/h8-10,13H,1-7H2,(H,19,20). The second-order valence-electron chi connectivity index (χ2n) is 4.97. The number of likely N-dealkylation sites (tertiary alicyclic amines) is 1. The van der Waals surface area contributed by atoms with Crippen molar-refractivity contribution < 1.29 is 14.7 Å². The fourth-order valence-corrected chi connectivity index (χ4v) is 2.39. The lowest BCUT2D eigenvalue weighted by atomic mass is 9.98. The lowest BCUT2D eigenvalue weighted by Crippen LogP contribution is -2.44. The second kappa shape index (κ2) is 6.99. The molecule has 0 aromatic carbocycles. The molecule has 8 heteroatoms. The van der Waals surface area contributed by atoms with Crippen molar-refractivity contribution in [2.24, 2.45) is 5.92 Å². The second-order valence-corrected chi connectivity index (χ2v) is 4.97. The van der Waals surface area contributed by atoms with E-state index in [1.54, 1.807) is 0 Å². The molecule has 20 heavy (non-hydrogen) atoms. The zero-order valence-corrected chi connectivity index (χ0v) is 11.2. The van der Waals surface area contributed by atoms with E-state index in [9.17, 15) is 9.59 Å². The number of hydrogen-bond donors (Lipinski definition) is 2. The van der Waals surface area contributed by atoms with Crippen molar-refractivity contribution in [2.45, 2.75) is 19.4 Å². The van der Waals surface area contributed by atoms with Gasteiger partial charge in [0.15, 0.2) is 0 Å². The van der Waals surface area contributed by atoms with Crippen LogP contribution in [0.15, 0.2) is 12.7 Å². The summed E-state index contributed by atoms with van der Waals surface area (Å²) < 4.78 is 1.51. The van der Waals surface area contributed by atoms with Crippen LogP contribution in [0.5, 0.6) is 0 Å². The summed E-state index contributed by atoms with van der Waals surface area (Å²) in [5.74, 6) is -0.527. The van der Waals surface area contributed by atoms with Crippen molar-refractivity contribution in [3.8, 4) is 0 Å². The Morgan fingerprint density at radius 1 is 1.45 bits per heavy atom. The highest BCUT2D eigenvalue weighted by Gasteiger charge is 2.23. The summed E-state index contributed by atoms with van der Waals surface area (Å²) in [4.78, 5) is 28.2. The van der Waals surface area contributed by atoms with E-state index in [1.807, 2.05) is 4.90 Å². The number of aliphatic carboxylic acids is 1. The number of carboxylic acids is 1. The molecule has 1 unspecified atom stereocenters. The minimum Gasteiger partial charge on any atom is -0.480 e. The summed E-state index contributed by atoms with van der Waals surface area (Å²) in [6.07, 6.45) is 4.89. The van der Waals surface area contributed by atoms with Gasteiger partial charge in [-0.25, -0.2) is 9.67 Å². The van der Waals surface area contributed by atoms with Crippen LogP contribution in [0.25, 0.3) is 0 Å². The Kier molecular flexibility index (Phi) is 5.05. The van der Waals surface area contributed by atoms with Crippen LogP contribution in [0.1, 0.15) is 12.8 Å². The number of amides is 1. The maximum Gasteiger partial charge on any atom is 0.317 e. The molecule has 2 heterocycles. The Bertz CT molecular complexity index is 448. The van der Waals surface area contributed by atoms with E-state index in [4.69, 9.17) is 5.11 Å². The fraction of sp³-hybridized carbons (Fsp3) is 0.667. The average Bonchev–Trinajstić information content (AvgIpc) is 2.91. The van der Waals surface area contributed by atoms with E-state index < -0.39 is 5.97 Å². The first kappa shape index (κ1) is 14.4. The third-order valence-electron chi connectivity index (χ3n) is 3.34. The van der Waals surface area contributed by atoms with Gasteiger partial charge in [0.05, 0.1) is 6.54 Å². The number of nitrogens with zero attached hydrogens (tertiary/aromatic N) is 4.